The summed E-state index contributed by atoms with van der Waals surface area (Å²) in [6.45, 7) is 0.561. The van der Waals surface area contributed by atoms with Gasteiger partial charge in [0.05, 0.1) is 18.1 Å². The van der Waals surface area contributed by atoms with E-state index in [0.29, 0.717) is 24.4 Å². The third kappa shape index (κ3) is 5.67. The molecule has 3 aromatic carbocycles. The lowest BCUT2D eigenvalue weighted by molar-refractivity contribution is 0.0530. The number of hydrogen-bond acceptors (Lipinski definition) is 5. The van der Waals surface area contributed by atoms with Gasteiger partial charge in [0.25, 0.3) is 0 Å². The number of hydrogen-bond donors (Lipinski definition) is 1. The van der Waals surface area contributed by atoms with Crippen LogP contribution in [0.5, 0.6) is 5.88 Å². The third-order valence-corrected chi connectivity index (χ3v) is 7.53. The van der Waals surface area contributed by atoms with Gasteiger partial charge in [-0.05, 0) is 41.3 Å². The van der Waals surface area contributed by atoms with E-state index in [1.54, 1.807) is 6.20 Å². The van der Waals surface area contributed by atoms with Crippen molar-refractivity contribution in [1.82, 2.24) is 15.2 Å². The molecule has 204 valence electrons. The molecule has 0 bridgehead atoms. The van der Waals surface area contributed by atoms with E-state index in [1.165, 1.54) is 12.1 Å². The summed E-state index contributed by atoms with van der Waals surface area (Å²) in [4.78, 5) is 19.3. The van der Waals surface area contributed by atoms with E-state index in [2.05, 4.69) is 39.5 Å². The molecule has 1 aromatic heterocycles. The number of nitrogens with zero attached hydrogens (tertiary/aromatic N) is 2. The van der Waals surface area contributed by atoms with Gasteiger partial charge in [-0.25, -0.2) is 18.6 Å². The van der Waals surface area contributed by atoms with Crippen molar-refractivity contribution in [3.8, 4) is 5.88 Å². The van der Waals surface area contributed by atoms with Crippen LogP contribution in [-0.2, 0) is 11.2 Å². The first-order valence-electron chi connectivity index (χ1n) is 13.4. The Balaban J connectivity index is 1.37. The fourth-order valence-electron chi connectivity index (χ4n) is 5.96. The second kappa shape index (κ2) is 11.4. The van der Waals surface area contributed by atoms with Gasteiger partial charge in [0.2, 0.25) is 5.88 Å². The number of cyclic esters (lactones) is 1. The number of halogens is 2. The number of alkyl carbamates (subject to hydrolysis) is 1. The number of pyridine rings is 1. The largest absolute Gasteiger partial charge is 0.473 e. The minimum absolute atomic E-state index is 0.142. The van der Waals surface area contributed by atoms with Gasteiger partial charge in [-0.15, -0.1) is 0 Å². The van der Waals surface area contributed by atoms with Crippen LogP contribution in [0.1, 0.15) is 29.2 Å². The van der Waals surface area contributed by atoms with E-state index in [4.69, 9.17) is 9.47 Å². The van der Waals surface area contributed by atoms with Crippen molar-refractivity contribution >= 4 is 6.09 Å². The van der Waals surface area contributed by atoms with E-state index in [9.17, 15) is 13.6 Å². The van der Waals surface area contributed by atoms with E-state index in [0.717, 1.165) is 17.2 Å². The van der Waals surface area contributed by atoms with Gasteiger partial charge in [0.15, 0.2) is 0 Å². The molecule has 2 aliphatic rings. The first-order chi connectivity index (χ1) is 19.5. The van der Waals surface area contributed by atoms with Gasteiger partial charge >= 0.3 is 6.09 Å². The summed E-state index contributed by atoms with van der Waals surface area (Å²) in [6.07, 6.45) is 1.14. The molecular weight excluding hydrogens is 512 g/mol. The predicted octanol–water partition coefficient (Wildman–Crippen LogP) is 5.69. The van der Waals surface area contributed by atoms with Crippen LogP contribution in [0.3, 0.4) is 0 Å². The molecule has 2 unspecified atom stereocenters. The highest BCUT2D eigenvalue weighted by Gasteiger charge is 2.49. The molecule has 2 saturated heterocycles. The van der Waals surface area contributed by atoms with Crippen molar-refractivity contribution in [2.75, 3.05) is 6.54 Å². The monoisotopic (exact) mass is 541 g/mol. The maximum Gasteiger partial charge on any atom is 0.407 e. The van der Waals surface area contributed by atoms with Crippen LogP contribution in [0.2, 0.25) is 0 Å². The quantitative estimate of drug-likeness (QED) is 0.311. The zero-order valence-corrected chi connectivity index (χ0v) is 21.7. The number of carbonyl (C=O) groups is 1. The zero-order chi connectivity index (χ0) is 27.5. The lowest BCUT2D eigenvalue weighted by Gasteiger charge is -2.36. The van der Waals surface area contributed by atoms with Gasteiger partial charge in [-0.1, -0.05) is 66.7 Å². The Kier molecular flexibility index (Phi) is 7.42. The predicted molar refractivity (Wildman–Crippen MR) is 146 cm³/mol. The average molecular weight is 542 g/mol. The van der Waals surface area contributed by atoms with E-state index in [1.807, 2.05) is 54.6 Å². The minimum Gasteiger partial charge on any atom is -0.473 e. The molecule has 0 aliphatic carbocycles. The number of ether oxygens (including phenoxy) is 2. The summed E-state index contributed by atoms with van der Waals surface area (Å²) in [5.74, 6) is -0.787. The second-order valence-electron chi connectivity index (χ2n) is 10.2. The standard InChI is InChI=1S/C32H29F2N3O3/c33-24-15-21(16-25(34)18-24)17-27-31(40-32(38)36-27)28-19-26(39-29-13-7-8-14-35-29)20-37(28)30(22-9-3-1-4-10-22)23-11-5-2-6-12-23/h1-16,18,26-28,30-31H,17,19-20H2,(H,36,38)/t26?,27-,28?,31-/m0/s1. The molecule has 4 atom stereocenters. The number of carbonyl (C=O) groups excluding carboxylic acids is 1. The molecule has 1 N–H and O–H groups in total. The maximum atomic E-state index is 14.0. The molecule has 3 heterocycles. The highest BCUT2D eigenvalue weighted by molar-refractivity contribution is 5.70. The zero-order valence-electron chi connectivity index (χ0n) is 21.7. The van der Waals surface area contributed by atoms with Gasteiger partial charge in [-0.2, -0.15) is 0 Å². The Hall–Kier alpha value is -4.30. The molecule has 2 fully saturated rings. The Morgan fingerprint density at radius 2 is 1.57 bits per heavy atom. The first kappa shape index (κ1) is 26.0. The Morgan fingerprint density at radius 1 is 0.925 bits per heavy atom. The molecule has 2 aliphatic heterocycles. The minimum atomic E-state index is -0.656. The summed E-state index contributed by atoms with van der Waals surface area (Å²) in [6, 6.07) is 28.5. The molecular formula is C32H29F2N3O3. The SMILES string of the molecule is O=C1N[C@@H](Cc2cc(F)cc(F)c2)[C@@H](C2CC(Oc3ccccn3)CN2C(c2ccccc2)c2ccccc2)O1. The fraction of sp³-hybridized carbons (Fsp3) is 0.250. The van der Waals surface area contributed by atoms with E-state index in [-0.39, 0.29) is 24.6 Å². The van der Waals surface area contributed by atoms with Crippen molar-refractivity contribution < 1.29 is 23.0 Å². The Labute approximate surface area is 231 Å². The van der Waals surface area contributed by atoms with Crippen LogP contribution >= 0.6 is 0 Å². The van der Waals surface area contributed by atoms with Crippen molar-refractivity contribution in [3.05, 3.63) is 132 Å². The van der Waals surface area contributed by atoms with Crippen LogP contribution in [0.25, 0.3) is 0 Å². The highest BCUT2D eigenvalue weighted by atomic mass is 19.1. The molecule has 4 aromatic rings. The summed E-state index contributed by atoms with van der Waals surface area (Å²) < 4.78 is 40.2. The van der Waals surface area contributed by atoms with Crippen LogP contribution in [0, 0.1) is 11.6 Å². The Bertz CT molecular complexity index is 1380. The number of nitrogens with one attached hydrogen (secondary N) is 1. The lowest BCUT2D eigenvalue weighted by atomic mass is 9.92. The molecule has 0 spiro atoms. The van der Waals surface area contributed by atoms with Gasteiger partial charge in [0, 0.05) is 31.3 Å². The van der Waals surface area contributed by atoms with Crippen molar-refractivity contribution in [2.45, 2.75) is 43.2 Å². The maximum absolute atomic E-state index is 14.0. The number of benzene rings is 3. The molecule has 8 heteroatoms. The molecule has 6 nitrogen and oxygen atoms in total. The summed E-state index contributed by atoms with van der Waals surface area (Å²) >= 11 is 0. The van der Waals surface area contributed by atoms with Gasteiger partial charge < -0.3 is 14.8 Å². The number of aromatic nitrogens is 1. The number of likely N-dealkylation sites (tertiary alicyclic amines) is 1. The third-order valence-electron chi connectivity index (χ3n) is 7.53. The van der Waals surface area contributed by atoms with Crippen molar-refractivity contribution in [1.29, 1.82) is 0 Å². The lowest BCUT2D eigenvalue weighted by Crippen LogP contribution is -2.48. The Morgan fingerprint density at radius 3 is 2.20 bits per heavy atom. The summed E-state index contributed by atoms with van der Waals surface area (Å²) in [5, 5.41) is 2.89. The highest BCUT2D eigenvalue weighted by Crippen LogP contribution is 2.39. The molecule has 0 saturated carbocycles. The van der Waals surface area contributed by atoms with E-state index >= 15 is 0 Å². The van der Waals surface area contributed by atoms with Crippen LogP contribution in [-0.4, -0.2) is 46.8 Å². The van der Waals surface area contributed by atoms with Crippen molar-refractivity contribution in [3.63, 3.8) is 0 Å². The topological polar surface area (TPSA) is 63.7 Å². The first-order valence-corrected chi connectivity index (χ1v) is 13.4. The fourth-order valence-corrected chi connectivity index (χ4v) is 5.96. The van der Waals surface area contributed by atoms with Gasteiger partial charge in [-0.3, -0.25) is 4.90 Å². The smallest absolute Gasteiger partial charge is 0.407 e. The molecule has 0 radical (unpaired) electrons. The molecule has 6 rings (SSSR count). The van der Waals surface area contributed by atoms with Crippen molar-refractivity contribution in [2.24, 2.45) is 0 Å². The number of rotatable bonds is 8. The van der Waals surface area contributed by atoms with Crippen LogP contribution in [0.4, 0.5) is 13.6 Å². The normalized spacial score (nSPS) is 22.7. The van der Waals surface area contributed by atoms with Gasteiger partial charge in [0.1, 0.15) is 23.8 Å². The molecule has 1 amide bonds. The van der Waals surface area contributed by atoms with Crippen LogP contribution in [0.15, 0.2) is 103 Å². The average Bonchev–Trinajstić information content (AvgIpc) is 3.52. The second-order valence-corrected chi connectivity index (χ2v) is 10.2. The van der Waals surface area contributed by atoms with E-state index < -0.39 is 29.9 Å². The molecule has 40 heavy (non-hydrogen) atoms. The summed E-state index contributed by atoms with van der Waals surface area (Å²) in [7, 11) is 0. The summed E-state index contributed by atoms with van der Waals surface area (Å²) in [5.41, 5.74) is 2.64. The number of amides is 1. The van der Waals surface area contributed by atoms with Crippen LogP contribution < -0.4 is 10.1 Å².